The summed E-state index contributed by atoms with van der Waals surface area (Å²) in [5.74, 6) is 1.25. The van der Waals surface area contributed by atoms with Crippen LogP contribution in [0.5, 0.6) is 0 Å². The number of hydrogen-bond acceptors (Lipinski definition) is 4. The molecule has 130 valence electrons. The Kier molecular flexibility index (Phi) is 10.8. The van der Waals surface area contributed by atoms with E-state index >= 15 is 0 Å². The van der Waals surface area contributed by atoms with Gasteiger partial charge in [0.1, 0.15) is 0 Å². The molecule has 0 bridgehead atoms. The van der Waals surface area contributed by atoms with Gasteiger partial charge in [-0.25, -0.2) is 0 Å². The number of hydrogen-bond donors (Lipinski definition) is 0. The third kappa shape index (κ3) is 8.50. The van der Waals surface area contributed by atoms with Crippen molar-refractivity contribution in [1.29, 1.82) is 0 Å². The fourth-order valence-corrected chi connectivity index (χ4v) is 1.91. The highest BCUT2D eigenvalue weighted by atomic mass is 16.7. The molecule has 0 amide bonds. The van der Waals surface area contributed by atoms with Crippen LogP contribution in [0.1, 0.15) is 52.0 Å². The summed E-state index contributed by atoms with van der Waals surface area (Å²) in [6.45, 7) is 8.20. The van der Waals surface area contributed by atoms with Crippen molar-refractivity contribution >= 4 is 0 Å². The minimum atomic E-state index is 0.149. The van der Waals surface area contributed by atoms with Crippen molar-refractivity contribution in [3.05, 3.63) is 47.6 Å². The Morgan fingerprint density at radius 3 is 2.17 bits per heavy atom. The van der Waals surface area contributed by atoms with Crippen molar-refractivity contribution in [1.82, 2.24) is 0 Å². The van der Waals surface area contributed by atoms with Gasteiger partial charge in [-0.2, -0.15) is 0 Å². The number of benzene rings is 1. The maximum atomic E-state index is 5.78. The van der Waals surface area contributed by atoms with Gasteiger partial charge >= 0.3 is 5.95 Å². The van der Waals surface area contributed by atoms with Gasteiger partial charge in [-0.1, -0.05) is 51.1 Å². The highest BCUT2D eigenvalue weighted by molar-refractivity contribution is 5.13. The highest BCUT2D eigenvalue weighted by Crippen LogP contribution is 2.17. The van der Waals surface area contributed by atoms with Gasteiger partial charge in [-0.3, -0.25) is 0 Å². The van der Waals surface area contributed by atoms with Crippen LogP contribution in [0.25, 0.3) is 0 Å². The van der Waals surface area contributed by atoms with Crippen LogP contribution >= 0.6 is 0 Å². The minimum Gasteiger partial charge on any atom is -0.491 e. The summed E-state index contributed by atoms with van der Waals surface area (Å²) in [5.41, 5.74) is 1.12. The van der Waals surface area contributed by atoms with Crippen LogP contribution in [0.4, 0.5) is 0 Å². The molecule has 1 rings (SSSR count). The van der Waals surface area contributed by atoms with Crippen LogP contribution in [-0.4, -0.2) is 20.0 Å². The Hall–Kier alpha value is -1.68. The van der Waals surface area contributed by atoms with E-state index in [1.807, 2.05) is 30.3 Å². The second-order valence-corrected chi connectivity index (χ2v) is 5.25. The predicted octanol–water partition coefficient (Wildman–Crippen LogP) is 5.00. The second-order valence-electron chi connectivity index (χ2n) is 5.25. The molecule has 0 unspecified atom stereocenters. The van der Waals surface area contributed by atoms with E-state index in [2.05, 4.69) is 20.8 Å². The molecule has 0 saturated heterocycles. The maximum absolute atomic E-state index is 5.78. The van der Waals surface area contributed by atoms with Crippen LogP contribution in [0, 0.1) is 0 Å². The standard InChI is InChI=1S/C19H30O4/c1-4-10-18(21-13-5-2)19(22-14-6-3)23-16-20-15-17-11-8-7-9-12-17/h7-9,11-12H,4-6,10,13-16H2,1-3H3/b19-18-. The first-order chi connectivity index (χ1) is 11.3. The predicted molar refractivity (Wildman–Crippen MR) is 91.6 cm³/mol. The smallest absolute Gasteiger partial charge is 0.321 e. The van der Waals surface area contributed by atoms with Crippen LogP contribution in [0.2, 0.25) is 0 Å². The Balaban J connectivity index is 2.53. The molecule has 0 fully saturated rings. The quantitative estimate of drug-likeness (QED) is 0.291. The molecule has 0 aliphatic heterocycles. The Labute approximate surface area is 140 Å². The molecule has 0 heterocycles. The first-order valence-electron chi connectivity index (χ1n) is 8.54. The van der Waals surface area contributed by atoms with Gasteiger partial charge in [0.05, 0.1) is 19.8 Å². The zero-order valence-corrected chi connectivity index (χ0v) is 14.7. The molecule has 23 heavy (non-hydrogen) atoms. The van der Waals surface area contributed by atoms with Gasteiger partial charge in [0.2, 0.25) is 0 Å². The molecule has 0 aliphatic carbocycles. The molecular weight excluding hydrogens is 292 g/mol. The van der Waals surface area contributed by atoms with Crippen LogP contribution in [-0.2, 0) is 25.6 Å². The minimum absolute atomic E-state index is 0.149. The first-order valence-corrected chi connectivity index (χ1v) is 8.54. The topological polar surface area (TPSA) is 36.9 Å². The first kappa shape index (κ1) is 19.4. The van der Waals surface area contributed by atoms with E-state index < -0.39 is 0 Å². The van der Waals surface area contributed by atoms with E-state index in [1.54, 1.807) is 0 Å². The molecule has 0 aliphatic rings. The average molecular weight is 322 g/mol. The summed E-state index contributed by atoms with van der Waals surface area (Å²) in [6.07, 6.45) is 3.66. The second kappa shape index (κ2) is 12.8. The fraction of sp³-hybridized carbons (Fsp3) is 0.579. The van der Waals surface area contributed by atoms with E-state index in [-0.39, 0.29) is 6.79 Å². The van der Waals surface area contributed by atoms with Crippen LogP contribution in [0.3, 0.4) is 0 Å². The SMILES string of the molecule is CCCO/C(CCC)=C(/OCCC)OCOCc1ccccc1. The van der Waals surface area contributed by atoms with Gasteiger partial charge < -0.3 is 18.9 Å². The third-order valence-electron chi connectivity index (χ3n) is 3.01. The molecule has 0 saturated carbocycles. The molecule has 0 atom stereocenters. The lowest BCUT2D eigenvalue weighted by Crippen LogP contribution is -2.09. The molecular formula is C19H30O4. The summed E-state index contributed by atoms with van der Waals surface area (Å²) >= 11 is 0. The van der Waals surface area contributed by atoms with Gasteiger partial charge in [-0.15, -0.1) is 0 Å². The van der Waals surface area contributed by atoms with Crippen molar-refractivity contribution in [2.24, 2.45) is 0 Å². The Bertz CT molecular complexity index is 428. The summed E-state index contributed by atoms with van der Waals surface area (Å²) < 4.78 is 22.7. The van der Waals surface area contributed by atoms with Crippen molar-refractivity contribution < 1.29 is 18.9 Å². The molecule has 4 heteroatoms. The van der Waals surface area contributed by atoms with E-state index in [4.69, 9.17) is 18.9 Å². The largest absolute Gasteiger partial charge is 0.491 e. The molecule has 0 aromatic heterocycles. The summed E-state index contributed by atoms with van der Waals surface area (Å²) in [6, 6.07) is 10.0. The lowest BCUT2D eigenvalue weighted by atomic mass is 10.2. The lowest BCUT2D eigenvalue weighted by molar-refractivity contribution is -0.0889. The summed E-state index contributed by atoms with van der Waals surface area (Å²) in [5, 5.41) is 0. The zero-order chi connectivity index (χ0) is 16.8. The maximum Gasteiger partial charge on any atom is 0.321 e. The number of ether oxygens (including phenoxy) is 4. The Morgan fingerprint density at radius 1 is 0.826 bits per heavy atom. The summed E-state index contributed by atoms with van der Waals surface area (Å²) in [7, 11) is 0. The van der Waals surface area contributed by atoms with Crippen molar-refractivity contribution in [3.63, 3.8) is 0 Å². The molecule has 1 aromatic carbocycles. The van der Waals surface area contributed by atoms with E-state index in [0.29, 0.717) is 25.8 Å². The monoisotopic (exact) mass is 322 g/mol. The van der Waals surface area contributed by atoms with E-state index in [0.717, 1.165) is 37.0 Å². The number of allylic oxidation sites excluding steroid dienone is 1. The van der Waals surface area contributed by atoms with E-state index in [9.17, 15) is 0 Å². The zero-order valence-electron chi connectivity index (χ0n) is 14.7. The molecule has 1 aromatic rings. The van der Waals surface area contributed by atoms with Crippen LogP contribution < -0.4 is 0 Å². The normalized spacial score (nSPS) is 11.8. The highest BCUT2D eigenvalue weighted by Gasteiger charge is 2.11. The molecule has 0 N–H and O–H groups in total. The van der Waals surface area contributed by atoms with Crippen molar-refractivity contribution in [3.8, 4) is 0 Å². The van der Waals surface area contributed by atoms with Gasteiger partial charge in [0.15, 0.2) is 12.6 Å². The fourth-order valence-electron chi connectivity index (χ4n) is 1.91. The summed E-state index contributed by atoms with van der Waals surface area (Å²) in [4.78, 5) is 0. The van der Waals surface area contributed by atoms with Gasteiger partial charge in [-0.05, 0) is 24.8 Å². The van der Waals surface area contributed by atoms with Crippen molar-refractivity contribution in [2.45, 2.75) is 53.1 Å². The molecule has 4 nitrogen and oxygen atoms in total. The number of rotatable bonds is 13. The average Bonchev–Trinajstić information content (AvgIpc) is 2.59. The van der Waals surface area contributed by atoms with Gasteiger partial charge in [0.25, 0.3) is 0 Å². The lowest BCUT2D eigenvalue weighted by Gasteiger charge is -2.17. The van der Waals surface area contributed by atoms with E-state index in [1.165, 1.54) is 0 Å². The van der Waals surface area contributed by atoms with Crippen LogP contribution in [0.15, 0.2) is 42.0 Å². The third-order valence-corrected chi connectivity index (χ3v) is 3.01. The molecule has 0 spiro atoms. The Morgan fingerprint density at radius 2 is 1.52 bits per heavy atom. The molecule has 0 radical (unpaired) electrons. The van der Waals surface area contributed by atoms with Gasteiger partial charge in [0, 0.05) is 6.42 Å². The van der Waals surface area contributed by atoms with Crippen molar-refractivity contribution in [2.75, 3.05) is 20.0 Å².